The number of aromatic hydroxyl groups is 1. The summed E-state index contributed by atoms with van der Waals surface area (Å²) in [5.74, 6) is 6.16. The summed E-state index contributed by atoms with van der Waals surface area (Å²) in [5.41, 5.74) is 2.13. The number of aliphatic hydroxyl groups is 1. The monoisotopic (exact) mass is 458 g/mol. The summed E-state index contributed by atoms with van der Waals surface area (Å²) in [6.45, 7) is 2.83. The molecule has 2 aliphatic carbocycles. The van der Waals surface area contributed by atoms with Gasteiger partial charge in [-0.15, -0.1) is 0 Å². The summed E-state index contributed by atoms with van der Waals surface area (Å²) < 4.78 is 6.35. The van der Waals surface area contributed by atoms with E-state index in [0.717, 1.165) is 35.2 Å². The molecule has 4 aliphatic rings. The van der Waals surface area contributed by atoms with Gasteiger partial charge in [-0.3, -0.25) is 4.79 Å². The zero-order chi connectivity index (χ0) is 23.8. The van der Waals surface area contributed by atoms with Crippen molar-refractivity contribution in [1.82, 2.24) is 9.80 Å². The topological polar surface area (TPSA) is 73.2 Å². The minimum Gasteiger partial charge on any atom is -0.504 e. The number of likely N-dealkylation sites (N-methyl/N-ethyl adjacent to an activating group) is 2. The van der Waals surface area contributed by atoms with E-state index < -0.39 is 17.1 Å². The Balaban J connectivity index is 1.43. The van der Waals surface area contributed by atoms with Crippen LogP contribution in [-0.2, 0) is 16.6 Å². The highest BCUT2D eigenvalue weighted by molar-refractivity contribution is 5.94. The Labute approximate surface area is 200 Å². The highest BCUT2D eigenvalue weighted by Gasteiger charge is 2.74. The minimum absolute atomic E-state index is 0.132. The van der Waals surface area contributed by atoms with Crippen molar-refractivity contribution in [3.05, 3.63) is 58.7 Å². The summed E-state index contributed by atoms with van der Waals surface area (Å²) in [5, 5.41) is 23.3. The normalized spacial score (nSPS) is 32.8. The van der Waals surface area contributed by atoms with E-state index in [1.54, 1.807) is 18.0 Å². The summed E-state index contributed by atoms with van der Waals surface area (Å²) in [4.78, 5) is 17.1. The van der Waals surface area contributed by atoms with E-state index in [1.807, 2.05) is 37.3 Å². The molecule has 2 aromatic rings. The summed E-state index contributed by atoms with van der Waals surface area (Å²) in [6.07, 6.45) is 2.49. The Morgan fingerprint density at radius 2 is 2.09 bits per heavy atom. The standard InChI is InChI=1S/C28H30N2O4/c1-17-5-4-6-18(15-17)7-12-24(32)30(3)21-10-11-23-27-13-14-29(2)22(28(21,27)33)16-19-8-9-20(31)26(34-23)25(19)27/h4-6,8-9,15,21-23,31,33H,10-11,13-14,16H2,1-3H3/t21-,22-,23+,27-,28-/m1/s1. The number of nitrogens with zero attached hydrogens (tertiary/aromatic N) is 2. The Bertz CT molecular complexity index is 1260. The maximum atomic E-state index is 13.3. The van der Waals surface area contributed by atoms with Crippen LogP contribution >= 0.6 is 0 Å². The fourth-order valence-electron chi connectivity index (χ4n) is 7.32. The number of hydrogen-bond acceptors (Lipinski definition) is 5. The van der Waals surface area contributed by atoms with Crippen molar-refractivity contribution in [3.63, 3.8) is 0 Å². The molecule has 2 fully saturated rings. The predicted octanol–water partition coefficient (Wildman–Crippen LogP) is 2.36. The van der Waals surface area contributed by atoms with E-state index in [2.05, 4.69) is 23.8 Å². The molecule has 6 heteroatoms. The predicted molar refractivity (Wildman–Crippen MR) is 128 cm³/mol. The lowest BCUT2D eigenvalue weighted by Gasteiger charge is -2.65. The molecule has 0 aromatic heterocycles. The van der Waals surface area contributed by atoms with Crippen LogP contribution in [0.2, 0.25) is 0 Å². The molecule has 2 bridgehead atoms. The Morgan fingerprint density at radius 3 is 2.88 bits per heavy atom. The van der Waals surface area contributed by atoms with Gasteiger partial charge >= 0.3 is 0 Å². The fraction of sp³-hybridized carbons (Fsp3) is 0.464. The van der Waals surface area contributed by atoms with Crippen LogP contribution in [0.1, 0.15) is 41.5 Å². The first-order chi connectivity index (χ1) is 16.3. The van der Waals surface area contributed by atoms with Crippen molar-refractivity contribution in [2.75, 3.05) is 20.6 Å². The molecular formula is C28H30N2O4. The van der Waals surface area contributed by atoms with Gasteiger partial charge < -0.3 is 24.7 Å². The first-order valence-corrected chi connectivity index (χ1v) is 12.1. The number of amides is 1. The van der Waals surface area contributed by atoms with E-state index in [1.165, 1.54) is 0 Å². The Hall–Kier alpha value is -3.01. The molecule has 2 aliphatic heterocycles. The Morgan fingerprint density at radius 1 is 1.26 bits per heavy atom. The van der Waals surface area contributed by atoms with Crippen molar-refractivity contribution >= 4 is 5.91 Å². The average Bonchev–Trinajstić information content (AvgIpc) is 3.16. The third-order valence-electron chi connectivity index (χ3n) is 8.84. The molecule has 0 unspecified atom stereocenters. The molecule has 1 saturated carbocycles. The number of rotatable bonds is 1. The van der Waals surface area contributed by atoms with E-state index >= 15 is 0 Å². The molecule has 0 radical (unpaired) electrons. The van der Waals surface area contributed by atoms with Crippen molar-refractivity contribution in [2.45, 2.75) is 61.8 Å². The third kappa shape index (κ3) is 2.63. The first kappa shape index (κ1) is 21.5. The molecule has 1 saturated heterocycles. The maximum absolute atomic E-state index is 13.3. The van der Waals surface area contributed by atoms with Gasteiger partial charge in [-0.2, -0.15) is 0 Å². The summed E-state index contributed by atoms with van der Waals surface area (Å²) in [6, 6.07) is 10.9. The molecule has 1 spiro atoms. The van der Waals surface area contributed by atoms with E-state index in [9.17, 15) is 15.0 Å². The molecule has 1 amide bonds. The average molecular weight is 459 g/mol. The largest absolute Gasteiger partial charge is 0.504 e. The number of aryl methyl sites for hydroxylation is 1. The smallest absolute Gasteiger partial charge is 0.298 e. The molecule has 176 valence electrons. The number of ether oxygens (including phenoxy) is 1. The van der Waals surface area contributed by atoms with Gasteiger partial charge in [0.25, 0.3) is 5.91 Å². The number of phenolic OH excluding ortho intramolecular Hbond substituents is 1. The zero-order valence-electron chi connectivity index (χ0n) is 19.8. The number of piperidine rings is 1. The first-order valence-electron chi connectivity index (χ1n) is 12.1. The number of carbonyl (C=O) groups excluding carboxylic acids is 1. The summed E-state index contributed by atoms with van der Waals surface area (Å²) >= 11 is 0. The van der Waals surface area contributed by atoms with Crippen LogP contribution in [0.25, 0.3) is 0 Å². The number of likely N-dealkylation sites (tertiary alicyclic amines) is 1. The highest BCUT2D eigenvalue weighted by atomic mass is 16.5. The van der Waals surface area contributed by atoms with Gasteiger partial charge in [0.15, 0.2) is 11.5 Å². The molecule has 2 N–H and O–H groups in total. The van der Waals surface area contributed by atoms with Gasteiger partial charge in [0.1, 0.15) is 11.7 Å². The minimum atomic E-state index is -1.20. The van der Waals surface area contributed by atoms with Crippen molar-refractivity contribution in [1.29, 1.82) is 0 Å². The lowest BCUT2D eigenvalue weighted by molar-refractivity contribution is -0.213. The Kier molecular flexibility index (Phi) is 4.58. The van der Waals surface area contributed by atoms with E-state index in [-0.39, 0.29) is 23.8 Å². The second-order valence-electron chi connectivity index (χ2n) is 10.4. The van der Waals surface area contributed by atoms with Crippen LogP contribution in [-0.4, -0.2) is 70.3 Å². The van der Waals surface area contributed by atoms with Gasteiger partial charge in [0.05, 0.1) is 11.5 Å². The van der Waals surface area contributed by atoms with Gasteiger partial charge in [-0.05, 0) is 75.5 Å². The van der Waals surface area contributed by atoms with Crippen LogP contribution in [0.3, 0.4) is 0 Å². The van der Waals surface area contributed by atoms with E-state index in [4.69, 9.17) is 4.74 Å². The fourth-order valence-corrected chi connectivity index (χ4v) is 7.32. The SMILES string of the molecule is Cc1cccc(C#CC(=O)N(C)[C@@H]2CC[C@@H]3Oc4c(O)ccc5c4[C@@]34CCN(C)[C@H](C5)[C@]24O)c1. The number of hydrogen-bond donors (Lipinski definition) is 2. The van der Waals surface area contributed by atoms with Crippen LogP contribution in [0.15, 0.2) is 36.4 Å². The van der Waals surface area contributed by atoms with Gasteiger partial charge in [-0.25, -0.2) is 0 Å². The van der Waals surface area contributed by atoms with Gasteiger partial charge in [0, 0.05) is 30.1 Å². The van der Waals surface area contributed by atoms with Crippen molar-refractivity contribution in [3.8, 4) is 23.3 Å². The maximum Gasteiger partial charge on any atom is 0.298 e. The lowest BCUT2D eigenvalue weighted by atomic mass is 9.47. The quantitative estimate of drug-likeness (QED) is 0.642. The van der Waals surface area contributed by atoms with Gasteiger partial charge in [0.2, 0.25) is 0 Å². The van der Waals surface area contributed by atoms with Crippen LogP contribution in [0.5, 0.6) is 11.5 Å². The molecule has 34 heavy (non-hydrogen) atoms. The third-order valence-corrected chi connectivity index (χ3v) is 8.84. The molecule has 2 heterocycles. The molecule has 6 nitrogen and oxygen atoms in total. The number of carbonyl (C=O) groups is 1. The second-order valence-corrected chi connectivity index (χ2v) is 10.4. The molecule has 6 rings (SSSR count). The number of phenols is 1. The molecule has 2 aromatic carbocycles. The lowest BCUT2D eigenvalue weighted by Crippen LogP contribution is -2.81. The second kappa shape index (κ2) is 7.24. The van der Waals surface area contributed by atoms with Crippen LogP contribution in [0.4, 0.5) is 0 Å². The number of benzene rings is 2. The van der Waals surface area contributed by atoms with Crippen molar-refractivity contribution in [2.24, 2.45) is 0 Å². The van der Waals surface area contributed by atoms with Crippen LogP contribution < -0.4 is 4.74 Å². The highest BCUT2D eigenvalue weighted by Crippen LogP contribution is 2.65. The molecule has 5 atom stereocenters. The van der Waals surface area contributed by atoms with Gasteiger partial charge in [-0.1, -0.05) is 24.1 Å². The van der Waals surface area contributed by atoms with Crippen molar-refractivity contribution < 1.29 is 19.7 Å². The zero-order valence-corrected chi connectivity index (χ0v) is 19.8. The molecular weight excluding hydrogens is 428 g/mol. The summed E-state index contributed by atoms with van der Waals surface area (Å²) in [7, 11) is 3.81. The van der Waals surface area contributed by atoms with Crippen LogP contribution in [0, 0.1) is 18.8 Å². The van der Waals surface area contributed by atoms with E-state index in [0.29, 0.717) is 25.0 Å².